The zero-order chi connectivity index (χ0) is 10.6. The topological polar surface area (TPSA) is 46.3 Å². The van der Waals surface area contributed by atoms with Crippen molar-refractivity contribution in [1.82, 2.24) is 4.90 Å². The highest BCUT2D eigenvalue weighted by atomic mass is 32.2. The molecule has 0 aliphatic carbocycles. The van der Waals surface area contributed by atoms with E-state index in [1.807, 2.05) is 0 Å². The number of piperidine rings is 1. The fourth-order valence-electron chi connectivity index (χ4n) is 1.94. The van der Waals surface area contributed by atoms with Crippen LogP contribution in [0.1, 0.15) is 19.8 Å². The average Bonchev–Trinajstić information content (AvgIpc) is 2.10. The summed E-state index contributed by atoms with van der Waals surface area (Å²) in [5, 5.41) is 0. The van der Waals surface area contributed by atoms with Gasteiger partial charge >= 0.3 is 0 Å². The molecule has 0 radical (unpaired) electrons. The second-order valence-electron chi connectivity index (χ2n) is 4.36. The predicted molar refractivity (Wildman–Crippen MR) is 61.7 cm³/mol. The maximum Gasteiger partial charge on any atom is 0.0244 e. The molecule has 1 aliphatic rings. The lowest BCUT2D eigenvalue weighted by molar-refractivity contribution is 0.165. The van der Waals surface area contributed by atoms with Crippen LogP contribution in [0.3, 0.4) is 0 Å². The van der Waals surface area contributed by atoms with E-state index >= 15 is 0 Å². The molecule has 1 fully saturated rings. The van der Waals surface area contributed by atoms with Crippen molar-refractivity contribution in [2.75, 3.05) is 31.6 Å². The Morgan fingerprint density at radius 2 is 2.29 bits per heavy atom. The Morgan fingerprint density at radius 3 is 2.86 bits per heavy atom. The molecule has 0 aromatic rings. The zero-order valence-corrected chi connectivity index (χ0v) is 10.1. The van der Waals surface area contributed by atoms with Crippen LogP contribution in [0.4, 0.5) is 0 Å². The third kappa shape index (κ3) is 4.07. The summed E-state index contributed by atoms with van der Waals surface area (Å²) in [6, 6.07) is 0.381. The normalized spacial score (nSPS) is 31.6. The molecule has 3 unspecified atom stereocenters. The molecule has 1 heterocycles. The number of nitrogens with two attached hydrogens (primary N) is 1. The largest absolute Gasteiger partial charge is 0.327 e. The van der Waals surface area contributed by atoms with E-state index in [0.717, 1.165) is 38.2 Å². The minimum atomic E-state index is -0.637. The highest BCUT2D eigenvalue weighted by Gasteiger charge is 2.22. The van der Waals surface area contributed by atoms with Gasteiger partial charge in [-0.2, -0.15) is 0 Å². The van der Waals surface area contributed by atoms with Crippen LogP contribution in [0.2, 0.25) is 0 Å². The molecule has 0 saturated carbocycles. The molecular weight excluding hydrogens is 196 g/mol. The Balaban J connectivity index is 2.16. The first-order valence-corrected chi connectivity index (χ1v) is 7.10. The van der Waals surface area contributed by atoms with Crippen LogP contribution < -0.4 is 5.73 Å². The standard InChI is InChI=1S/C10H22N2OS/c1-9-8-12(6-4-10(9)11)5-3-7-14(2)13/h9-10H,3-8,11H2,1-2H3. The van der Waals surface area contributed by atoms with Crippen molar-refractivity contribution in [2.24, 2.45) is 11.7 Å². The monoisotopic (exact) mass is 218 g/mol. The molecule has 2 N–H and O–H groups in total. The Bertz CT molecular complexity index is 199. The van der Waals surface area contributed by atoms with Crippen molar-refractivity contribution in [1.29, 1.82) is 0 Å². The Labute approximate surface area is 89.5 Å². The summed E-state index contributed by atoms with van der Waals surface area (Å²) in [7, 11) is -0.637. The van der Waals surface area contributed by atoms with Crippen LogP contribution in [-0.4, -0.2) is 46.8 Å². The van der Waals surface area contributed by atoms with Gasteiger partial charge in [0.1, 0.15) is 0 Å². The van der Waals surface area contributed by atoms with E-state index in [1.165, 1.54) is 0 Å². The van der Waals surface area contributed by atoms with E-state index < -0.39 is 10.8 Å². The molecule has 1 rings (SSSR count). The molecule has 0 bridgehead atoms. The van der Waals surface area contributed by atoms with E-state index in [9.17, 15) is 4.21 Å². The molecule has 0 amide bonds. The molecule has 3 nitrogen and oxygen atoms in total. The summed E-state index contributed by atoms with van der Waals surface area (Å²) < 4.78 is 10.9. The van der Waals surface area contributed by atoms with Crippen molar-refractivity contribution in [3.8, 4) is 0 Å². The van der Waals surface area contributed by atoms with Gasteiger partial charge in [-0.25, -0.2) is 0 Å². The quantitative estimate of drug-likeness (QED) is 0.744. The Kier molecular flexibility index (Phi) is 5.06. The van der Waals surface area contributed by atoms with E-state index in [1.54, 1.807) is 6.26 Å². The number of likely N-dealkylation sites (tertiary alicyclic amines) is 1. The molecule has 4 heteroatoms. The molecule has 1 saturated heterocycles. The lowest BCUT2D eigenvalue weighted by Gasteiger charge is -2.34. The van der Waals surface area contributed by atoms with Crippen molar-refractivity contribution in [3.63, 3.8) is 0 Å². The van der Waals surface area contributed by atoms with Gasteiger partial charge in [0.25, 0.3) is 0 Å². The van der Waals surface area contributed by atoms with Crippen LogP contribution >= 0.6 is 0 Å². The molecule has 0 aromatic carbocycles. The van der Waals surface area contributed by atoms with Crippen molar-refractivity contribution >= 4 is 10.8 Å². The predicted octanol–water partition coefficient (Wildman–Crippen LogP) is 0.424. The molecule has 0 aromatic heterocycles. The zero-order valence-electron chi connectivity index (χ0n) is 9.24. The summed E-state index contributed by atoms with van der Waals surface area (Å²) in [4.78, 5) is 2.45. The SMILES string of the molecule is CC1CN(CCCS(C)=O)CCC1N. The molecule has 0 spiro atoms. The summed E-state index contributed by atoms with van der Waals surface area (Å²) in [5.41, 5.74) is 5.94. The highest BCUT2D eigenvalue weighted by Crippen LogP contribution is 2.14. The molecule has 3 atom stereocenters. The van der Waals surface area contributed by atoms with Crippen molar-refractivity contribution in [3.05, 3.63) is 0 Å². The maximum absolute atomic E-state index is 10.9. The fraction of sp³-hybridized carbons (Fsp3) is 1.00. The van der Waals surface area contributed by atoms with Gasteiger partial charge in [0.15, 0.2) is 0 Å². The highest BCUT2D eigenvalue weighted by molar-refractivity contribution is 7.84. The van der Waals surface area contributed by atoms with Crippen molar-refractivity contribution in [2.45, 2.75) is 25.8 Å². The first-order valence-electron chi connectivity index (χ1n) is 5.37. The number of rotatable bonds is 4. The number of nitrogens with zero attached hydrogens (tertiary/aromatic N) is 1. The van der Waals surface area contributed by atoms with Gasteiger partial charge in [-0.15, -0.1) is 0 Å². The summed E-state index contributed by atoms with van der Waals surface area (Å²) >= 11 is 0. The third-order valence-corrected chi connectivity index (χ3v) is 3.83. The van der Waals surface area contributed by atoms with Gasteiger partial charge in [0.2, 0.25) is 0 Å². The van der Waals surface area contributed by atoms with E-state index in [0.29, 0.717) is 12.0 Å². The van der Waals surface area contributed by atoms with Crippen LogP contribution in [0.5, 0.6) is 0 Å². The van der Waals surface area contributed by atoms with Crippen LogP contribution in [0.25, 0.3) is 0 Å². The lowest BCUT2D eigenvalue weighted by atomic mass is 9.95. The van der Waals surface area contributed by atoms with E-state index in [4.69, 9.17) is 5.73 Å². The van der Waals surface area contributed by atoms with E-state index in [-0.39, 0.29) is 0 Å². The molecule has 1 aliphatic heterocycles. The smallest absolute Gasteiger partial charge is 0.0244 e. The number of hydrogen-bond acceptors (Lipinski definition) is 3. The second kappa shape index (κ2) is 5.83. The van der Waals surface area contributed by atoms with E-state index in [2.05, 4.69) is 11.8 Å². The molecule has 84 valence electrons. The van der Waals surface area contributed by atoms with Gasteiger partial charge in [-0.3, -0.25) is 4.21 Å². The first kappa shape index (κ1) is 12.1. The lowest BCUT2D eigenvalue weighted by Crippen LogP contribution is -2.46. The minimum Gasteiger partial charge on any atom is -0.327 e. The van der Waals surface area contributed by atoms with Crippen LogP contribution in [0.15, 0.2) is 0 Å². The summed E-state index contributed by atoms with van der Waals surface area (Å²) in [6.45, 7) is 5.52. The van der Waals surface area contributed by atoms with Crippen LogP contribution in [-0.2, 0) is 10.8 Å². The van der Waals surface area contributed by atoms with Gasteiger partial charge in [-0.05, 0) is 31.8 Å². The minimum absolute atomic E-state index is 0.381. The maximum atomic E-state index is 10.9. The first-order chi connectivity index (χ1) is 6.59. The summed E-state index contributed by atoms with van der Waals surface area (Å²) in [6.07, 6.45) is 3.93. The van der Waals surface area contributed by atoms with Crippen LogP contribution in [0, 0.1) is 5.92 Å². The third-order valence-electron chi connectivity index (χ3n) is 2.96. The van der Waals surface area contributed by atoms with Gasteiger partial charge < -0.3 is 10.6 Å². The van der Waals surface area contributed by atoms with Crippen molar-refractivity contribution < 1.29 is 4.21 Å². The van der Waals surface area contributed by atoms with Gasteiger partial charge in [0, 0.05) is 35.4 Å². The number of hydrogen-bond donors (Lipinski definition) is 1. The fourth-order valence-corrected chi connectivity index (χ4v) is 2.48. The van der Waals surface area contributed by atoms with Gasteiger partial charge in [-0.1, -0.05) is 6.92 Å². The Morgan fingerprint density at radius 1 is 1.57 bits per heavy atom. The average molecular weight is 218 g/mol. The molecular formula is C10H22N2OS. The van der Waals surface area contributed by atoms with Gasteiger partial charge in [0.05, 0.1) is 0 Å². The Hall–Kier alpha value is 0.0700. The second-order valence-corrected chi connectivity index (χ2v) is 5.92. The molecule has 14 heavy (non-hydrogen) atoms. The summed E-state index contributed by atoms with van der Waals surface area (Å²) in [5.74, 6) is 1.44.